The molecule has 0 saturated carbocycles. The zero-order chi connectivity index (χ0) is 43.1. The summed E-state index contributed by atoms with van der Waals surface area (Å²) in [6.07, 6.45) is 6.33. The molecule has 1 aromatic carbocycles. The maximum absolute atomic E-state index is 13.0. The molecule has 3 aromatic heterocycles. The van der Waals surface area contributed by atoms with Gasteiger partial charge in [-0.25, -0.2) is 28.9 Å². The predicted octanol–water partition coefficient (Wildman–Crippen LogP) is 4.55. The number of amides is 4. The van der Waals surface area contributed by atoms with Crippen molar-refractivity contribution in [2.24, 2.45) is 0 Å². The van der Waals surface area contributed by atoms with Gasteiger partial charge in [0, 0.05) is 51.5 Å². The molecule has 1 unspecified atom stereocenters. The van der Waals surface area contributed by atoms with Gasteiger partial charge in [0.2, 0.25) is 11.6 Å². The monoisotopic (exact) mass is 814 g/mol. The second-order valence-corrected chi connectivity index (χ2v) is 16.4. The van der Waals surface area contributed by atoms with E-state index in [0.29, 0.717) is 67.0 Å². The van der Waals surface area contributed by atoms with Crippen LogP contribution in [0.3, 0.4) is 0 Å². The van der Waals surface area contributed by atoms with Crippen molar-refractivity contribution >= 4 is 29.6 Å². The van der Waals surface area contributed by atoms with Crippen LogP contribution in [0.25, 0.3) is 0 Å². The molecule has 2 fully saturated rings. The van der Waals surface area contributed by atoms with Crippen LogP contribution in [0.2, 0.25) is 0 Å². The standard InChI is InChI=1S/C25H27FN6O4.C16H24N4O3/c1-17(23(33)29-22-9-8-20(14-27-22)36-19-6-4-18(26)5-7-19)30-12-13-32(25(2,3)15-30)24(34)21-10-11-31(35)16-28-21;1-15(2,3)23-14(22)19-8-9-20(16(4,5)10-19)13(21)12-6-7-17-11-18-12/h4-11,14,16-17H,12-13,15H2,1-3H3,(H,27,29,33);6-7,11H,8-10H2,1-5H3. The summed E-state index contributed by atoms with van der Waals surface area (Å²) in [5.41, 5.74) is -1.04. The lowest BCUT2D eigenvalue weighted by Gasteiger charge is -2.48. The molecule has 5 heterocycles. The number of ether oxygens (including phenoxy) is 2. The summed E-state index contributed by atoms with van der Waals surface area (Å²) in [7, 11) is 0. The Morgan fingerprint density at radius 3 is 2.00 bits per heavy atom. The summed E-state index contributed by atoms with van der Waals surface area (Å²) in [5.74, 6) is 0.308. The highest BCUT2D eigenvalue weighted by Crippen LogP contribution is 2.27. The first-order valence-electron chi connectivity index (χ1n) is 19.1. The highest BCUT2D eigenvalue weighted by molar-refractivity contribution is 5.94. The summed E-state index contributed by atoms with van der Waals surface area (Å²) in [5, 5.41) is 14.0. The SMILES string of the molecule is CC(C(=O)Nc1ccc(Oc2ccc(F)cc2)cn1)N1CCN(C(=O)c2cc[n+]([O-])cn2)C(C)(C)C1.CC(C)(C)OC(=O)N1CCN(C(=O)c2ccncn2)C(C)(C)C1. The lowest BCUT2D eigenvalue weighted by molar-refractivity contribution is -0.608. The Morgan fingerprint density at radius 2 is 1.46 bits per heavy atom. The molecule has 6 rings (SSSR count). The normalized spacial score (nSPS) is 16.9. The third-order valence-electron chi connectivity index (χ3n) is 9.65. The van der Waals surface area contributed by atoms with E-state index in [9.17, 15) is 28.8 Å². The molecular weight excluding hydrogens is 764 g/mol. The summed E-state index contributed by atoms with van der Waals surface area (Å²) in [4.78, 5) is 73.8. The smallest absolute Gasteiger partial charge is 0.410 e. The fraction of sp³-hybridized carbons (Fsp3) is 0.439. The van der Waals surface area contributed by atoms with Crippen LogP contribution in [0, 0.1) is 11.0 Å². The molecule has 1 atom stereocenters. The van der Waals surface area contributed by atoms with Gasteiger partial charge >= 0.3 is 6.09 Å². The van der Waals surface area contributed by atoms with Crippen molar-refractivity contribution in [1.82, 2.24) is 39.5 Å². The van der Waals surface area contributed by atoms with Crippen molar-refractivity contribution < 1.29 is 37.8 Å². The van der Waals surface area contributed by atoms with Crippen molar-refractivity contribution in [3.8, 4) is 11.5 Å². The number of hydrogen-bond acceptors (Lipinski definition) is 12. The zero-order valence-corrected chi connectivity index (χ0v) is 34.6. The molecule has 0 bridgehead atoms. The molecule has 4 amide bonds. The Kier molecular flexibility index (Phi) is 13.4. The van der Waals surface area contributed by atoms with E-state index in [1.807, 2.05) is 53.4 Å². The number of carbonyl (C=O) groups excluding carboxylic acids is 4. The molecule has 2 aliphatic rings. The molecule has 59 heavy (non-hydrogen) atoms. The van der Waals surface area contributed by atoms with Crippen LogP contribution in [0.5, 0.6) is 11.5 Å². The first-order valence-corrected chi connectivity index (χ1v) is 19.1. The van der Waals surface area contributed by atoms with E-state index in [0.717, 1.165) is 6.33 Å². The van der Waals surface area contributed by atoms with Gasteiger partial charge in [-0.05, 0) is 103 Å². The van der Waals surface area contributed by atoms with Crippen LogP contribution in [-0.4, -0.2) is 125 Å². The van der Waals surface area contributed by atoms with Gasteiger partial charge in [-0.3, -0.25) is 19.3 Å². The molecule has 2 saturated heterocycles. The van der Waals surface area contributed by atoms with Crippen LogP contribution in [0.4, 0.5) is 15.0 Å². The average Bonchev–Trinajstić information content (AvgIpc) is 3.18. The fourth-order valence-electron chi connectivity index (χ4n) is 6.63. The molecule has 0 aliphatic carbocycles. The number of anilines is 1. The van der Waals surface area contributed by atoms with E-state index < -0.39 is 22.7 Å². The Balaban J connectivity index is 0.000000248. The largest absolute Gasteiger partial charge is 0.711 e. The first kappa shape index (κ1) is 43.8. The number of carbonyl (C=O) groups is 4. The molecular formula is C41H51FN10O7. The van der Waals surface area contributed by atoms with Crippen molar-refractivity contribution in [3.63, 3.8) is 0 Å². The van der Waals surface area contributed by atoms with Crippen LogP contribution < -0.4 is 14.8 Å². The van der Waals surface area contributed by atoms with Crippen molar-refractivity contribution in [2.75, 3.05) is 44.6 Å². The number of rotatable bonds is 7. The highest BCUT2D eigenvalue weighted by Gasteiger charge is 2.42. The van der Waals surface area contributed by atoms with Gasteiger partial charge in [0.15, 0.2) is 0 Å². The summed E-state index contributed by atoms with van der Waals surface area (Å²) in [6.45, 7) is 17.7. The third-order valence-corrected chi connectivity index (χ3v) is 9.65. The summed E-state index contributed by atoms with van der Waals surface area (Å²) < 4.78 is 24.6. The predicted molar refractivity (Wildman–Crippen MR) is 214 cm³/mol. The Hall–Kier alpha value is -6.30. The van der Waals surface area contributed by atoms with Gasteiger partial charge in [0.05, 0.1) is 29.5 Å². The number of benzene rings is 1. The second-order valence-electron chi connectivity index (χ2n) is 16.4. The number of nitrogens with one attached hydrogen (secondary N) is 1. The maximum atomic E-state index is 13.0. The molecule has 314 valence electrons. The van der Waals surface area contributed by atoms with Crippen LogP contribution in [0.15, 0.2) is 79.8 Å². The molecule has 1 N–H and O–H groups in total. The fourth-order valence-corrected chi connectivity index (χ4v) is 6.63. The summed E-state index contributed by atoms with van der Waals surface area (Å²) >= 11 is 0. The average molecular weight is 815 g/mol. The number of halogens is 1. The van der Waals surface area contributed by atoms with E-state index in [4.69, 9.17) is 9.47 Å². The van der Waals surface area contributed by atoms with Crippen LogP contribution >= 0.6 is 0 Å². The second kappa shape index (κ2) is 18.1. The lowest BCUT2D eigenvalue weighted by Crippen LogP contribution is -2.63. The number of nitrogens with zero attached hydrogens (tertiary/aromatic N) is 9. The quantitative estimate of drug-likeness (QED) is 0.203. The van der Waals surface area contributed by atoms with Crippen molar-refractivity contribution in [2.45, 2.75) is 78.1 Å². The minimum absolute atomic E-state index is 0.152. The van der Waals surface area contributed by atoms with Gasteiger partial charge in [-0.15, -0.1) is 0 Å². The van der Waals surface area contributed by atoms with Gasteiger partial charge in [-0.1, -0.05) is 0 Å². The molecule has 0 spiro atoms. The van der Waals surface area contributed by atoms with Gasteiger partial charge in [0.1, 0.15) is 40.8 Å². The maximum Gasteiger partial charge on any atom is 0.410 e. The third kappa shape index (κ3) is 11.6. The van der Waals surface area contributed by atoms with Crippen molar-refractivity contribution in [1.29, 1.82) is 0 Å². The minimum atomic E-state index is -0.563. The van der Waals surface area contributed by atoms with E-state index >= 15 is 0 Å². The molecule has 2 aliphatic heterocycles. The van der Waals surface area contributed by atoms with Gasteiger partial charge in [-0.2, -0.15) is 0 Å². The van der Waals surface area contributed by atoms with Crippen molar-refractivity contribution in [3.05, 3.63) is 102 Å². The lowest BCUT2D eigenvalue weighted by atomic mass is 9.96. The Morgan fingerprint density at radius 1 is 0.831 bits per heavy atom. The number of pyridine rings is 1. The van der Waals surface area contributed by atoms with Gasteiger partial charge in [0.25, 0.3) is 18.1 Å². The van der Waals surface area contributed by atoms with Crippen LogP contribution in [-0.2, 0) is 9.53 Å². The van der Waals surface area contributed by atoms with Crippen LogP contribution in [0.1, 0.15) is 76.4 Å². The van der Waals surface area contributed by atoms with E-state index in [1.54, 1.807) is 46.0 Å². The molecule has 18 heteroatoms. The van der Waals surface area contributed by atoms with E-state index in [1.165, 1.54) is 49.1 Å². The van der Waals surface area contributed by atoms with E-state index in [-0.39, 0.29) is 35.3 Å². The van der Waals surface area contributed by atoms with Gasteiger partial charge < -0.3 is 34.7 Å². The number of aromatic nitrogens is 5. The number of hydrogen-bond donors (Lipinski definition) is 1. The minimum Gasteiger partial charge on any atom is -0.711 e. The van der Waals surface area contributed by atoms with E-state index in [2.05, 4.69) is 25.3 Å². The number of piperazine rings is 2. The first-order chi connectivity index (χ1) is 27.7. The molecule has 4 aromatic rings. The topological polar surface area (TPSA) is 190 Å². The Labute approximate surface area is 342 Å². The summed E-state index contributed by atoms with van der Waals surface area (Å²) in [6, 6.07) is 11.5. The molecule has 0 radical (unpaired) electrons. The Bertz CT molecular complexity index is 2080. The zero-order valence-electron chi connectivity index (χ0n) is 34.6. The molecule has 17 nitrogen and oxygen atoms in total. The highest BCUT2D eigenvalue weighted by atomic mass is 19.1.